The van der Waals surface area contributed by atoms with Crippen molar-refractivity contribution < 1.29 is 9.47 Å². The Morgan fingerprint density at radius 3 is 1.90 bits per heavy atom. The summed E-state index contributed by atoms with van der Waals surface area (Å²) < 4.78 is 12.1. The van der Waals surface area contributed by atoms with Crippen LogP contribution in [0.4, 0.5) is 0 Å². The van der Waals surface area contributed by atoms with Gasteiger partial charge < -0.3 is 9.47 Å². The molecule has 2 aromatic carbocycles. The number of unbranched alkanes of at least 4 members (excludes halogenated alkanes) is 1. The molecule has 0 aromatic heterocycles. The number of hydrogen-bond donors (Lipinski definition) is 0. The van der Waals surface area contributed by atoms with E-state index in [1.165, 1.54) is 67.2 Å². The maximum atomic E-state index is 6.09. The molecular formula is C28H38O2. The van der Waals surface area contributed by atoms with Crippen LogP contribution in [0.3, 0.4) is 0 Å². The molecule has 162 valence electrons. The monoisotopic (exact) mass is 406 g/mol. The van der Waals surface area contributed by atoms with Gasteiger partial charge in [-0.25, -0.2) is 0 Å². The lowest BCUT2D eigenvalue weighted by Gasteiger charge is -2.30. The van der Waals surface area contributed by atoms with Gasteiger partial charge in [0, 0.05) is 0 Å². The molecule has 4 rings (SSSR count). The molecule has 2 fully saturated rings. The van der Waals surface area contributed by atoms with E-state index in [4.69, 9.17) is 9.47 Å². The summed E-state index contributed by atoms with van der Waals surface area (Å²) in [6, 6.07) is 18.2. The Labute approximate surface area is 183 Å². The summed E-state index contributed by atoms with van der Waals surface area (Å²) in [4.78, 5) is 0. The zero-order chi connectivity index (χ0) is 20.8. The van der Waals surface area contributed by atoms with Crippen LogP contribution in [-0.4, -0.2) is 19.3 Å². The van der Waals surface area contributed by atoms with E-state index in [9.17, 15) is 0 Å². The van der Waals surface area contributed by atoms with Crippen LogP contribution in [0, 0.1) is 5.92 Å². The van der Waals surface area contributed by atoms with E-state index < -0.39 is 0 Å². The summed E-state index contributed by atoms with van der Waals surface area (Å²) >= 11 is 0. The second kappa shape index (κ2) is 10.6. The fraction of sp³-hybridized carbons (Fsp3) is 0.571. The lowest BCUT2D eigenvalue weighted by atomic mass is 9.77. The predicted octanol–water partition coefficient (Wildman–Crippen LogP) is 7.68. The molecule has 0 radical (unpaired) electrons. The van der Waals surface area contributed by atoms with Gasteiger partial charge >= 0.3 is 0 Å². The van der Waals surface area contributed by atoms with E-state index in [0.717, 1.165) is 18.3 Å². The number of benzene rings is 2. The second-order valence-corrected chi connectivity index (χ2v) is 9.29. The molecule has 2 atom stereocenters. The summed E-state index contributed by atoms with van der Waals surface area (Å²) in [5.41, 5.74) is 5.32. The first-order chi connectivity index (χ1) is 14.8. The molecule has 0 amide bonds. The highest BCUT2D eigenvalue weighted by Crippen LogP contribution is 2.37. The lowest BCUT2D eigenvalue weighted by molar-refractivity contribution is -0.137. The molecule has 1 heterocycles. The summed E-state index contributed by atoms with van der Waals surface area (Å²) in [5, 5.41) is 0. The quantitative estimate of drug-likeness (QED) is 0.469. The van der Waals surface area contributed by atoms with Crippen molar-refractivity contribution in [1.82, 2.24) is 0 Å². The average Bonchev–Trinajstić information content (AvgIpc) is 2.83. The summed E-state index contributed by atoms with van der Waals surface area (Å²) in [5.74, 6) is 1.72. The van der Waals surface area contributed by atoms with Gasteiger partial charge in [0.05, 0.1) is 19.3 Å². The van der Waals surface area contributed by atoms with E-state index in [-0.39, 0.29) is 12.2 Å². The van der Waals surface area contributed by atoms with Crippen LogP contribution in [0.5, 0.6) is 0 Å². The van der Waals surface area contributed by atoms with Gasteiger partial charge in [-0.15, -0.1) is 0 Å². The van der Waals surface area contributed by atoms with Gasteiger partial charge in [0.2, 0.25) is 0 Å². The minimum absolute atomic E-state index is 0.0672. The van der Waals surface area contributed by atoms with Crippen LogP contribution in [0.25, 0.3) is 11.1 Å². The molecular weight excluding hydrogens is 368 g/mol. The van der Waals surface area contributed by atoms with Gasteiger partial charge in [0.15, 0.2) is 0 Å². The molecule has 0 bridgehead atoms. The standard InChI is InChI=1S/C28H38O2/c1-3-5-6-27-19-30-28(20-29-27)26-17-15-25(16-18-26)24-13-11-23(12-14-24)22-9-7-21(4-2)8-10-22/h11-18,21-22,27-28H,3-10,19-20H2,1-2H3. The molecule has 1 aliphatic carbocycles. The lowest BCUT2D eigenvalue weighted by Crippen LogP contribution is -2.31. The SMILES string of the molecule is CCCCC1COC(c2ccc(-c3ccc(C4CCC(CC)CC4)cc3)cc2)CO1. The minimum Gasteiger partial charge on any atom is -0.373 e. The molecule has 1 aliphatic heterocycles. The van der Waals surface area contributed by atoms with Crippen LogP contribution >= 0.6 is 0 Å². The molecule has 2 nitrogen and oxygen atoms in total. The van der Waals surface area contributed by atoms with Crippen molar-refractivity contribution in [2.75, 3.05) is 13.2 Å². The number of rotatable bonds is 7. The summed E-state index contributed by atoms with van der Waals surface area (Å²) in [6.07, 6.45) is 10.7. The van der Waals surface area contributed by atoms with Gasteiger partial charge in [-0.05, 0) is 66.2 Å². The van der Waals surface area contributed by atoms with Crippen molar-refractivity contribution in [3.05, 3.63) is 59.7 Å². The third-order valence-corrected chi connectivity index (χ3v) is 7.27. The minimum atomic E-state index is 0.0672. The first kappa shape index (κ1) is 21.6. The Balaban J connectivity index is 1.33. The molecule has 0 spiro atoms. The molecule has 0 N–H and O–H groups in total. The van der Waals surface area contributed by atoms with E-state index in [1.807, 2.05) is 0 Å². The predicted molar refractivity (Wildman–Crippen MR) is 125 cm³/mol. The van der Waals surface area contributed by atoms with Crippen LogP contribution in [0.15, 0.2) is 48.5 Å². The van der Waals surface area contributed by atoms with E-state index in [1.54, 1.807) is 0 Å². The van der Waals surface area contributed by atoms with E-state index in [0.29, 0.717) is 13.2 Å². The van der Waals surface area contributed by atoms with Crippen molar-refractivity contribution in [2.45, 2.75) is 83.3 Å². The molecule has 30 heavy (non-hydrogen) atoms. The van der Waals surface area contributed by atoms with E-state index in [2.05, 4.69) is 62.4 Å². The molecule has 1 saturated carbocycles. The highest BCUT2D eigenvalue weighted by Gasteiger charge is 2.23. The molecule has 2 aromatic rings. The Bertz CT molecular complexity index is 748. The fourth-order valence-electron chi connectivity index (χ4n) is 5.08. The summed E-state index contributed by atoms with van der Waals surface area (Å²) in [6.45, 7) is 5.94. The molecule has 2 unspecified atom stereocenters. The third-order valence-electron chi connectivity index (χ3n) is 7.27. The average molecular weight is 407 g/mol. The maximum absolute atomic E-state index is 6.09. The van der Waals surface area contributed by atoms with Crippen molar-refractivity contribution in [3.63, 3.8) is 0 Å². The Morgan fingerprint density at radius 2 is 1.37 bits per heavy atom. The summed E-state index contributed by atoms with van der Waals surface area (Å²) in [7, 11) is 0. The Morgan fingerprint density at radius 1 is 0.733 bits per heavy atom. The van der Waals surface area contributed by atoms with Crippen molar-refractivity contribution in [1.29, 1.82) is 0 Å². The van der Waals surface area contributed by atoms with Crippen LogP contribution in [-0.2, 0) is 9.47 Å². The highest BCUT2D eigenvalue weighted by atomic mass is 16.6. The van der Waals surface area contributed by atoms with Crippen LogP contribution in [0.1, 0.15) is 88.4 Å². The van der Waals surface area contributed by atoms with Gasteiger partial charge in [0.25, 0.3) is 0 Å². The maximum Gasteiger partial charge on any atom is 0.106 e. The second-order valence-electron chi connectivity index (χ2n) is 9.29. The Kier molecular flexibility index (Phi) is 7.62. The number of hydrogen-bond acceptors (Lipinski definition) is 2. The van der Waals surface area contributed by atoms with Crippen molar-refractivity contribution in [2.24, 2.45) is 5.92 Å². The van der Waals surface area contributed by atoms with Gasteiger partial charge in [0.1, 0.15) is 6.10 Å². The zero-order valence-electron chi connectivity index (χ0n) is 18.8. The molecule has 2 aliphatic rings. The smallest absolute Gasteiger partial charge is 0.106 e. The highest BCUT2D eigenvalue weighted by molar-refractivity contribution is 5.64. The van der Waals surface area contributed by atoms with Crippen LogP contribution < -0.4 is 0 Å². The largest absolute Gasteiger partial charge is 0.373 e. The van der Waals surface area contributed by atoms with Gasteiger partial charge in [-0.2, -0.15) is 0 Å². The van der Waals surface area contributed by atoms with Crippen LogP contribution in [0.2, 0.25) is 0 Å². The van der Waals surface area contributed by atoms with Crippen molar-refractivity contribution in [3.8, 4) is 11.1 Å². The normalized spacial score (nSPS) is 27.1. The van der Waals surface area contributed by atoms with Gasteiger partial charge in [-0.1, -0.05) is 81.6 Å². The van der Waals surface area contributed by atoms with Crippen molar-refractivity contribution >= 4 is 0 Å². The fourth-order valence-corrected chi connectivity index (χ4v) is 5.08. The first-order valence-corrected chi connectivity index (χ1v) is 12.2. The van der Waals surface area contributed by atoms with E-state index >= 15 is 0 Å². The van der Waals surface area contributed by atoms with Gasteiger partial charge in [-0.3, -0.25) is 0 Å². The molecule has 1 saturated heterocycles. The topological polar surface area (TPSA) is 18.5 Å². The number of ether oxygens (including phenoxy) is 2. The first-order valence-electron chi connectivity index (χ1n) is 12.2. The third kappa shape index (κ3) is 5.34. The molecule has 2 heteroatoms. The zero-order valence-corrected chi connectivity index (χ0v) is 18.8. The Hall–Kier alpha value is -1.64.